The van der Waals surface area contributed by atoms with Crippen LogP contribution in [-0.4, -0.2) is 83.4 Å². The lowest BCUT2D eigenvalue weighted by Gasteiger charge is -2.37. The third-order valence-electron chi connectivity index (χ3n) is 11.2. The zero-order valence-corrected chi connectivity index (χ0v) is 34.2. The number of amides is 4. The van der Waals surface area contributed by atoms with Gasteiger partial charge in [0.2, 0.25) is 18.2 Å². The van der Waals surface area contributed by atoms with Crippen LogP contribution in [0.1, 0.15) is 79.2 Å². The summed E-state index contributed by atoms with van der Waals surface area (Å²) in [7, 11) is -1.76. The van der Waals surface area contributed by atoms with Gasteiger partial charge in [-0.25, -0.2) is 13.6 Å². The van der Waals surface area contributed by atoms with Crippen molar-refractivity contribution in [3.05, 3.63) is 60.2 Å². The van der Waals surface area contributed by atoms with Crippen LogP contribution in [0.4, 0.5) is 13.6 Å². The van der Waals surface area contributed by atoms with Crippen LogP contribution in [0.2, 0.25) is 0 Å². The minimum Gasteiger partial charge on any atom is -0.354 e. The first-order valence-corrected chi connectivity index (χ1v) is 21.0. The maximum absolute atomic E-state index is 14.4. The quantitative estimate of drug-likeness (QED) is 0.129. The monoisotopic (exact) mass is 788 g/mol. The smallest absolute Gasteiger partial charge is 0.315 e. The van der Waals surface area contributed by atoms with Crippen molar-refractivity contribution in [3.8, 4) is 11.1 Å². The lowest BCUT2D eigenvalue weighted by molar-refractivity contribution is -0.135. The van der Waals surface area contributed by atoms with Crippen LogP contribution < -0.4 is 21.3 Å². The van der Waals surface area contributed by atoms with Crippen molar-refractivity contribution in [2.24, 2.45) is 28.1 Å². The molecule has 7 atom stereocenters. The number of nitrogens with one attached hydrogen (secondary N) is 4. The highest BCUT2D eigenvalue weighted by Gasteiger charge is 2.66. The van der Waals surface area contributed by atoms with Crippen molar-refractivity contribution in [1.29, 1.82) is 0 Å². The maximum atomic E-state index is 14.4. The van der Waals surface area contributed by atoms with E-state index in [0.29, 0.717) is 32.1 Å². The molecule has 55 heavy (non-hydrogen) atoms. The zero-order chi connectivity index (χ0) is 40.9. The number of hydrogen-bond donors (Lipinski definition) is 5. The van der Waals surface area contributed by atoms with Crippen molar-refractivity contribution in [3.63, 3.8) is 0 Å². The third-order valence-corrected chi connectivity index (χ3v) is 12.5. The highest BCUT2D eigenvalue weighted by Crippen LogP contribution is 2.65. The number of hydrogen-bond acceptors (Lipinski definition) is 5. The number of benzene rings is 2. The van der Waals surface area contributed by atoms with Gasteiger partial charge in [-0.3, -0.25) is 14.4 Å². The normalized spacial score (nSPS) is 22.4. The van der Waals surface area contributed by atoms with Gasteiger partial charge in [0.25, 0.3) is 10.4 Å². The Kier molecular flexibility index (Phi) is 14.1. The summed E-state index contributed by atoms with van der Waals surface area (Å²) in [5.74, 6) is -2.40. The average Bonchev–Trinajstić information content (AvgIpc) is 3.85. The molecule has 0 aromatic heterocycles. The third kappa shape index (κ3) is 11.6. The van der Waals surface area contributed by atoms with E-state index in [1.165, 1.54) is 17.6 Å². The van der Waals surface area contributed by atoms with E-state index in [1.54, 1.807) is 0 Å². The Bertz CT molecular complexity index is 1710. The Balaban J connectivity index is 1.38. The molecule has 4 rings (SSSR count). The number of urea groups is 1. The summed E-state index contributed by atoms with van der Waals surface area (Å²) in [6.45, 7) is 11.5. The second-order valence-electron chi connectivity index (χ2n) is 17.5. The van der Waals surface area contributed by atoms with Gasteiger partial charge in [-0.1, -0.05) is 107 Å². The lowest BCUT2D eigenvalue weighted by Crippen LogP contribution is -2.59. The number of rotatable bonds is 16. The molecule has 4 amide bonds. The second-order valence-corrected chi connectivity index (χ2v) is 19.7. The van der Waals surface area contributed by atoms with Crippen molar-refractivity contribution in [2.75, 3.05) is 26.4 Å². The molecule has 2 fully saturated rings. The molecule has 11 nitrogen and oxygen atoms in total. The molecule has 0 bridgehead atoms. The molecule has 5 N–H and O–H groups in total. The minimum atomic E-state index is -3.26. The molecule has 0 spiro atoms. The topological polar surface area (TPSA) is 157 Å². The van der Waals surface area contributed by atoms with Crippen LogP contribution in [0.3, 0.4) is 0 Å². The van der Waals surface area contributed by atoms with Gasteiger partial charge in [0, 0.05) is 31.3 Å². The number of ketones is 1. The molecular formula is C41H60F2N5O6S+. The molecule has 2 aliphatic rings. The van der Waals surface area contributed by atoms with E-state index >= 15 is 0 Å². The first-order valence-electron chi connectivity index (χ1n) is 19.1. The molecule has 2 saturated carbocycles. The molecule has 2 aromatic rings. The Morgan fingerprint density at radius 2 is 1.55 bits per heavy atom. The van der Waals surface area contributed by atoms with Gasteiger partial charge in [-0.05, 0) is 63.3 Å². The van der Waals surface area contributed by atoms with Crippen LogP contribution in [-0.2, 0) is 35.4 Å². The van der Waals surface area contributed by atoms with Crippen molar-refractivity contribution in [2.45, 2.75) is 105 Å². The standard InChI is InChI=1S/C41H59F2N5O6S/c1-39(2,3)32(25-48(7)55(8,53)54)46-38(52)47-34(40(4,5)6)35(49)41-21-12-15-29(30(41)24-41)36(50)45-31(23-33(42)43)37(51)44-22-20-26-16-18-28(19-17-26)27-13-10-9-11-14-27/h9-11,13-14,16-19,29-34H,12,15,20-25H2,1-8H3,(H4-,44,45,46,47,50,51,52,53,54)/p+1/t29-,30?,31+,32-,34-,41+/m1/s1. The average molecular weight is 789 g/mol. The van der Waals surface area contributed by atoms with Crippen molar-refractivity contribution < 1.29 is 36.7 Å². The molecule has 14 heteroatoms. The van der Waals surface area contributed by atoms with Crippen LogP contribution in [0, 0.1) is 28.1 Å². The predicted molar refractivity (Wildman–Crippen MR) is 211 cm³/mol. The number of nitrogens with zero attached hydrogens (tertiary/aromatic N) is 1. The van der Waals surface area contributed by atoms with Crippen molar-refractivity contribution in [1.82, 2.24) is 25.6 Å². The largest absolute Gasteiger partial charge is 0.354 e. The molecule has 304 valence electrons. The van der Waals surface area contributed by atoms with E-state index in [0.717, 1.165) is 16.7 Å². The van der Waals surface area contributed by atoms with E-state index in [9.17, 15) is 36.7 Å². The van der Waals surface area contributed by atoms with E-state index in [1.807, 2.05) is 96.1 Å². The van der Waals surface area contributed by atoms with E-state index in [4.69, 9.17) is 0 Å². The molecule has 0 saturated heterocycles. The summed E-state index contributed by atoms with van der Waals surface area (Å²) in [4.78, 5) is 54.7. The van der Waals surface area contributed by atoms with Crippen LogP contribution in [0.15, 0.2) is 54.6 Å². The number of carbonyl (C=O) groups excluding carboxylic acids is 4. The lowest BCUT2D eigenvalue weighted by atomic mass is 9.72. The first-order chi connectivity index (χ1) is 25.5. The van der Waals surface area contributed by atoms with E-state index in [2.05, 4.69) is 21.3 Å². The molecule has 0 radical (unpaired) electrons. The van der Waals surface area contributed by atoms with Gasteiger partial charge >= 0.3 is 6.03 Å². The SMILES string of the molecule is CN(C[C@@H](NC(=O)N[C@H](C(=O)[C@]12CCC[C@@H](C(=O)N[C@@H](CC(F)F)C(=O)NCCc3ccc(-c4ccccc4)cc3)C1C2)C(C)(C)C)C(C)(C)C)[S+](C)(=O)O. The number of halogens is 2. The highest BCUT2D eigenvalue weighted by atomic mass is 32.3. The van der Waals surface area contributed by atoms with Gasteiger partial charge < -0.3 is 21.3 Å². The number of likely N-dealkylation sites (N-methyl/N-ethyl adjacent to an activating group) is 1. The Morgan fingerprint density at radius 3 is 2.11 bits per heavy atom. The summed E-state index contributed by atoms with van der Waals surface area (Å²) >= 11 is 0. The Morgan fingerprint density at radius 1 is 0.927 bits per heavy atom. The fourth-order valence-corrected chi connectivity index (χ4v) is 7.99. The second kappa shape index (κ2) is 17.6. The van der Waals surface area contributed by atoms with Gasteiger partial charge in [0.1, 0.15) is 6.04 Å². The molecule has 2 aromatic carbocycles. The van der Waals surface area contributed by atoms with Crippen LogP contribution in [0.5, 0.6) is 0 Å². The Labute approximate surface area is 325 Å². The Hall–Kier alpha value is -3.75. The molecule has 2 aliphatic carbocycles. The molecular weight excluding hydrogens is 729 g/mol. The number of Topliss-reactive ketones (excluding diaryl/α,β-unsaturated/α-hetero) is 1. The summed E-state index contributed by atoms with van der Waals surface area (Å²) in [6.07, 6.45) is -0.0367. The highest BCUT2D eigenvalue weighted by molar-refractivity contribution is 7.94. The number of carbonyl (C=O) groups is 4. The van der Waals surface area contributed by atoms with Crippen LogP contribution in [0.25, 0.3) is 11.1 Å². The first kappa shape index (κ1) is 44.0. The summed E-state index contributed by atoms with van der Waals surface area (Å²) in [6, 6.07) is 14.3. The molecule has 0 heterocycles. The maximum Gasteiger partial charge on any atom is 0.315 e. The van der Waals surface area contributed by atoms with Gasteiger partial charge in [0.15, 0.2) is 12.0 Å². The summed E-state index contributed by atoms with van der Waals surface area (Å²) in [5, 5.41) is 11.1. The number of alkyl halides is 2. The predicted octanol–water partition coefficient (Wildman–Crippen LogP) is 6.11. The van der Waals surface area contributed by atoms with Gasteiger partial charge in [0.05, 0.1) is 18.6 Å². The van der Waals surface area contributed by atoms with Crippen LogP contribution >= 0.6 is 0 Å². The van der Waals surface area contributed by atoms with Gasteiger partial charge in [-0.2, -0.15) is 4.55 Å². The van der Waals surface area contributed by atoms with Gasteiger partial charge in [-0.15, -0.1) is 0 Å². The zero-order valence-electron chi connectivity index (χ0n) is 33.4. The molecule has 0 aliphatic heterocycles. The van der Waals surface area contributed by atoms with E-state index in [-0.39, 0.29) is 24.8 Å². The summed E-state index contributed by atoms with van der Waals surface area (Å²) in [5.41, 5.74) is 1.04. The van der Waals surface area contributed by atoms with E-state index < -0.39 is 81.4 Å². The summed E-state index contributed by atoms with van der Waals surface area (Å²) < 4.78 is 50.9. The fourth-order valence-electron chi connectivity index (χ4n) is 7.57. The van der Waals surface area contributed by atoms with Crippen molar-refractivity contribution >= 4 is 34.0 Å². The molecule has 2 unspecified atom stereocenters. The minimum absolute atomic E-state index is 0.0905. The fraction of sp³-hybridized carbons (Fsp3) is 0.610. The number of fused-ring (bicyclic) bond motifs is 1.